The molecular formula is C10H15F2N3O4. The van der Waals surface area contributed by atoms with Gasteiger partial charge in [0.1, 0.15) is 13.1 Å². The molecule has 0 saturated carbocycles. The molecule has 1 rings (SSSR count). The van der Waals surface area contributed by atoms with E-state index in [4.69, 9.17) is 0 Å². The topological polar surface area (TPSA) is 70.2 Å². The highest BCUT2D eigenvalue weighted by molar-refractivity contribution is 6.03. The minimum absolute atomic E-state index is 0.391. The predicted octanol–water partition coefficient (Wildman–Crippen LogP) is -0.0744. The molecule has 0 atom stereocenters. The lowest BCUT2D eigenvalue weighted by molar-refractivity contribution is -0.169. The Bertz CT molecular complexity index is 397. The van der Waals surface area contributed by atoms with E-state index in [1.54, 1.807) is 0 Å². The third kappa shape index (κ3) is 3.85. The highest BCUT2D eigenvalue weighted by Crippen LogP contribution is 2.18. The molecule has 0 aromatic carbocycles. The van der Waals surface area contributed by atoms with Gasteiger partial charge in [0.2, 0.25) is 0 Å². The first-order valence-electron chi connectivity index (χ1n) is 5.43. The van der Waals surface area contributed by atoms with Gasteiger partial charge in [0.25, 0.3) is 17.7 Å². The van der Waals surface area contributed by atoms with Gasteiger partial charge < -0.3 is 4.90 Å². The maximum Gasteiger partial charge on any atom is 0.327 e. The lowest BCUT2D eigenvalue weighted by Crippen LogP contribution is -2.43. The fraction of sp³-hybridized carbons (Fsp3) is 0.700. The molecule has 0 aromatic rings. The minimum atomic E-state index is -3.17. The fourth-order valence-corrected chi connectivity index (χ4v) is 1.52. The van der Waals surface area contributed by atoms with Gasteiger partial charge in [-0.05, 0) is 0 Å². The molecule has 108 valence electrons. The first-order chi connectivity index (χ1) is 8.65. The number of hydrogen-bond donors (Lipinski definition) is 0. The Labute approximate surface area is 108 Å². The van der Waals surface area contributed by atoms with Crippen molar-refractivity contribution in [3.63, 3.8) is 0 Å². The molecule has 19 heavy (non-hydrogen) atoms. The predicted molar refractivity (Wildman–Crippen MR) is 59.1 cm³/mol. The van der Waals surface area contributed by atoms with E-state index in [0.717, 1.165) is 9.96 Å². The Morgan fingerprint density at radius 1 is 1.47 bits per heavy atom. The maximum atomic E-state index is 12.8. The Morgan fingerprint density at radius 3 is 2.53 bits per heavy atom. The first-order valence-corrected chi connectivity index (χ1v) is 5.43. The number of likely N-dealkylation sites (N-methyl/N-ethyl adjacent to an activating group) is 1. The standard InChI is InChI=1S/C10H15F2N3O4/c1-10(11,12)6-15-8(17)5-14(9(15)18)4-7(16)13(2)19-3/h4-6H2,1-3H3. The molecule has 0 bridgehead atoms. The van der Waals surface area contributed by atoms with E-state index >= 15 is 0 Å². The van der Waals surface area contributed by atoms with Crippen LogP contribution in [0.2, 0.25) is 0 Å². The summed E-state index contributed by atoms with van der Waals surface area (Å²) >= 11 is 0. The molecule has 1 aliphatic heterocycles. The van der Waals surface area contributed by atoms with Gasteiger partial charge in [-0.15, -0.1) is 0 Å². The van der Waals surface area contributed by atoms with Gasteiger partial charge in [0, 0.05) is 14.0 Å². The summed E-state index contributed by atoms with van der Waals surface area (Å²) in [7, 11) is 2.60. The van der Waals surface area contributed by atoms with Crippen LogP contribution in [-0.4, -0.2) is 72.4 Å². The van der Waals surface area contributed by atoms with Crippen LogP contribution in [0.1, 0.15) is 6.92 Å². The van der Waals surface area contributed by atoms with Crippen LogP contribution in [0.15, 0.2) is 0 Å². The molecule has 0 radical (unpaired) electrons. The molecule has 7 nitrogen and oxygen atoms in total. The number of amides is 4. The van der Waals surface area contributed by atoms with E-state index in [9.17, 15) is 23.2 Å². The van der Waals surface area contributed by atoms with Crippen LogP contribution in [0.5, 0.6) is 0 Å². The third-order valence-corrected chi connectivity index (χ3v) is 2.52. The Morgan fingerprint density at radius 2 is 2.05 bits per heavy atom. The van der Waals surface area contributed by atoms with E-state index in [2.05, 4.69) is 4.84 Å². The number of carbonyl (C=O) groups excluding carboxylic acids is 3. The number of halogens is 2. The van der Waals surface area contributed by atoms with Crippen molar-refractivity contribution in [2.24, 2.45) is 0 Å². The normalized spacial score (nSPS) is 16.3. The average Bonchev–Trinajstić information content (AvgIpc) is 2.54. The molecule has 1 heterocycles. The molecule has 4 amide bonds. The number of hydrogen-bond acceptors (Lipinski definition) is 4. The number of carbonyl (C=O) groups is 3. The van der Waals surface area contributed by atoms with Crippen molar-refractivity contribution in [2.45, 2.75) is 12.8 Å². The van der Waals surface area contributed by atoms with Crippen LogP contribution < -0.4 is 0 Å². The molecule has 0 N–H and O–H groups in total. The summed E-state index contributed by atoms with van der Waals surface area (Å²) in [4.78, 5) is 40.7. The van der Waals surface area contributed by atoms with Gasteiger partial charge >= 0.3 is 6.03 Å². The number of nitrogens with zero attached hydrogens (tertiary/aromatic N) is 3. The van der Waals surface area contributed by atoms with Crippen LogP contribution in [0.4, 0.5) is 13.6 Å². The van der Waals surface area contributed by atoms with Crippen molar-refractivity contribution in [3.05, 3.63) is 0 Å². The van der Waals surface area contributed by atoms with Gasteiger partial charge in [-0.25, -0.2) is 18.6 Å². The zero-order chi connectivity index (χ0) is 14.8. The Balaban J connectivity index is 2.68. The second-order valence-corrected chi connectivity index (χ2v) is 4.26. The number of urea groups is 1. The van der Waals surface area contributed by atoms with Crippen molar-refractivity contribution in [1.82, 2.24) is 14.9 Å². The van der Waals surface area contributed by atoms with Crippen LogP contribution in [0.3, 0.4) is 0 Å². The van der Waals surface area contributed by atoms with E-state index in [1.807, 2.05) is 0 Å². The second-order valence-electron chi connectivity index (χ2n) is 4.26. The third-order valence-electron chi connectivity index (χ3n) is 2.52. The lowest BCUT2D eigenvalue weighted by Gasteiger charge is -2.21. The van der Waals surface area contributed by atoms with Crippen molar-refractivity contribution in [3.8, 4) is 0 Å². The zero-order valence-corrected chi connectivity index (χ0v) is 10.9. The molecule has 0 unspecified atom stereocenters. The van der Waals surface area contributed by atoms with Crippen molar-refractivity contribution >= 4 is 17.8 Å². The van der Waals surface area contributed by atoms with E-state index < -0.39 is 43.4 Å². The average molecular weight is 279 g/mol. The zero-order valence-electron chi connectivity index (χ0n) is 10.9. The van der Waals surface area contributed by atoms with Crippen molar-refractivity contribution < 1.29 is 28.0 Å². The molecule has 0 aromatic heterocycles. The smallest absolute Gasteiger partial charge is 0.306 e. The molecule has 0 aliphatic carbocycles. The maximum absolute atomic E-state index is 12.8. The van der Waals surface area contributed by atoms with Gasteiger partial charge in [-0.1, -0.05) is 0 Å². The lowest BCUT2D eigenvalue weighted by atomic mass is 10.3. The SMILES string of the molecule is CON(C)C(=O)CN1CC(=O)N(CC(C)(F)F)C1=O. The highest BCUT2D eigenvalue weighted by Gasteiger charge is 2.41. The molecule has 0 spiro atoms. The summed E-state index contributed by atoms with van der Waals surface area (Å²) in [6.45, 7) is -1.17. The van der Waals surface area contributed by atoms with E-state index in [-0.39, 0.29) is 0 Å². The van der Waals surface area contributed by atoms with Crippen molar-refractivity contribution in [1.29, 1.82) is 0 Å². The molecule has 9 heteroatoms. The Hall–Kier alpha value is -1.77. The van der Waals surface area contributed by atoms with Gasteiger partial charge in [0.15, 0.2) is 0 Å². The second kappa shape index (κ2) is 5.47. The van der Waals surface area contributed by atoms with Gasteiger partial charge in [-0.2, -0.15) is 0 Å². The fourth-order valence-electron chi connectivity index (χ4n) is 1.52. The summed E-state index contributed by atoms with van der Waals surface area (Å²) < 4.78 is 25.7. The molecule has 1 fully saturated rings. The largest absolute Gasteiger partial charge is 0.327 e. The van der Waals surface area contributed by atoms with Gasteiger partial charge in [-0.3, -0.25) is 19.3 Å². The summed E-state index contributed by atoms with van der Waals surface area (Å²) in [6, 6.07) is -0.899. The number of hydroxylamine groups is 2. The summed E-state index contributed by atoms with van der Waals surface area (Å²) in [5.41, 5.74) is 0. The number of alkyl halides is 2. The molecule has 1 aliphatic rings. The Kier molecular flexibility index (Phi) is 4.40. The quantitative estimate of drug-likeness (QED) is 0.521. The monoisotopic (exact) mass is 279 g/mol. The first kappa shape index (κ1) is 15.3. The van der Waals surface area contributed by atoms with E-state index in [0.29, 0.717) is 11.8 Å². The van der Waals surface area contributed by atoms with Gasteiger partial charge in [0.05, 0.1) is 13.7 Å². The van der Waals surface area contributed by atoms with Crippen LogP contribution >= 0.6 is 0 Å². The number of imide groups is 1. The molecule has 1 saturated heterocycles. The summed E-state index contributed by atoms with van der Waals surface area (Å²) in [5.74, 6) is -4.48. The van der Waals surface area contributed by atoms with Crippen molar-refractivity contribution in [2.75, 3.05) is 33.8 Å². The summed E-state index contributed by atoms with van der Waals surface area (Å²) in [6.07, 6.45) is 0. The number of rotatable bonds is 5. The highest BCUT2D eigenvalue weighted by atomic mass is 19.3. The van der Waals surface area contributed by atoms with Crippen LogP contribution in [-0.2, 0) is 14.4 Å². The van der Waals surface area contributed by atoms with Crippen LogP contribution in [0, 0.1) is 0 Å². The molecular weight excluding hydrogens is 264 g/mol. The van der Waals surface area contributed by atoms with E-state index in [1.165, 1.54) is 14.2 Å². The van der Waals surface area contributed by atoms with Crippen LogP contribution in [0.25, 0.3) is 0 Å². The summed E-state index contributed by atoms with van der Waals surface area (Å²) in [5, 5.41) is 0.884. The minimum Gasteiger partial charge on any atom is -0.306 e.